The van der Waals surface area contributed by atoms with E-state index in [1.807, 2.05) is 0 Å². The predicted molar refractivity (Wildman–Crippen MR) is 73.9 cm³/mol. The number of carbonyl (C=O) groups excluding carboxylic acids is 1. The van der Waals surface area contributed by atoms with Gasteiger partial charge >= 0.3 is 6.09 Å². The molecule has 7 heteroatoms. The molecule has 0 aliphatic carbocycles. The van der Waals surface area contributed by atoms with Crippen molar-refractivity contribution in [1.82, 2.24) is 0 Å². The zero-order valence-electron chi connectivity index (χ0n) is 12.1. The number of anilines is 1. The van der Waals surface area contributed by atoms with Gasteiger partial charge in [0.15, 0.2) is 0 Å². The van der Waals surface area contributed by atoms with E-state index < -0.39 is 30.0 Å². The lowest BCUT2D eigenvalue weighted by atomic mass is 10.1. The second-order valence-corrected chi connectivity index (χ2v) is 5.64. The Morgan fingerprint density at radius 1 is 1.38 bits per heavy atom. The van der Waals surface area contributed by atoms with Crippen LogP contribution in [0.25, 0.3) is 0 Å². The first kappa shape index (κ1) is 17.3. The summed E-state index contributed by atoms with van der Waals surface area (Å²) in [6.45, 7) is 5.10. The maximum atomic E-state index is 13.6. The topological polar surface area (TPSA) is 64.3 Å². The molecule has 1 amide bonds. The monoisotopic (exact) mass is 304 g/mol. The van der Waals surface area contributed by atoms with E-state index in [9.17, 15) is 18.0 Å². The van der Waals surface area contributed by atoms with E-state index in [-0.39, 0.29) is 17.7 Å². The third-order valence-electron chi connectivity index (χ3n) is 2.47. The molecule has 0 heterocycles. The van der Waals surface area contributed by atoms with Gasteiger partial charge in [-0.3, -0.25) is 5.32 Å². The largest absolute Gasteiger partial charge is 0.444 e. The first-order valence-electron chi connectivity index (χ1n) is 6.40. The highest BCUT2D eigenvalue weighted by Gasteiger charge is 2.19. The number of benzene rings is 1. The fraction of sp³-hybridized carbons (Fsp3) is 0.500. The Bertz CT molecular complexity index is 501. The summed E-state index contributed by atoms with van der Waals surface area (Å²) >= 11 is 0. The van der Waals surface area contributed by atoms with E-state index in [2.05, 4.69) is 5.32 Å². The summed E-state index contributed by atoms with van der Waals surface area (Å²) in [6.07, 6.45) is -3.78. The van der Waals surface area contributed by atoms with E-state index >= 15 is 0 Å². The smallest absolute Gasteiger partial charge is 0.412 e. The number of amides is 1. The molecule has 0 aliphatic rings. The van der Waals surface area contributed by atoms with Gasteiger partial charge in [-0.2, -0.15) is 0 Å². The maximum Gasteiger partial charge on any atom is 0.412 e. The highest BCUT2D eigenvalue weighted by Crippen LogP contribution is 2.18. The number of hydrogen-bond donors (Lipinski definition) is 2. The van der Waals surface area contributed by atoms with Gasteiger partial charge in [-0.25, -0.2) is 18.0 Å². The number of nitrogens with one attached hydrogen (secondary N) is 1. The van der Waals surface area contributed by atoms with Gasteiger partial charge in [0.2, 0.25) is 0 Å². The zero-order chi connectivity index (χ0) is 16.2. The molecule has 0 spiro atoms. The Balaban J connectivity index is 2.79. The Labute approximate surface area is 121 Å². The molecule has 1 rings (SSSR count). The van der Waals surface area contributed by atoms with Gasteiger partial charge in [-0.1, -0.05) is 0 Å². The number of alkyl halides is 2. The highest BCUT2D eigenvalue weighted by atomic mass is 19.3. The number of carbonyl (C=O) groups is 1. The van der Waals surface area contributed by atoms with Gasteiger partial charge in [0.05, 0.1) is 6.04 Å². The third-order valence-corrected chi connectivity index (χ3v) is 2.47. The molecule has 0 saturated heterocycles. The maximum absolute atomic E-state index is 13.6. The van der Waals surface area contributed by atoms with Crippen molar-refractivity contribution in [2.24, 2.45) is 5.73 Å². The van der Waals surface area contributed by atoms with E-state index in [1.54, 1.807) is 20.8 Å². The van der Waals surface area contributed by atoms with Gasteiger partial charge < -0.3 is 10.5 Å². The van der Waals surface area contributed by atoms with Crippen LogP contribution in [0.4, 0.5) is 23.7 Å². The first-order chi connectivity index (χ1) is 9.58. The molecule has 4 nitrogen and oxygen atoms in total. The average molecular weight is 304 g/mol. The van der Waals surface area contributed by atoms with E-state index in [1.165, 1.54) is 12.1 Å². The van der Waals surface area contributed by atoms with E-state index in [0.29, 0.717) is 0 Å². The standard InChI is InChI=1S/C14H19F3N2O2/c1-14(2,3)21-13(20)19-9-4-5-10(15)8(6-9)7-11(18)12(16)17/h4-6,11-12H,7,18H2,1-3H3,(H,19,20). The molecule has 0 radical (unpaired) electrons. The Morgan fingerprint density at radius 3 is 2.52 bits per heavy atom. The zero-order valence-corrected chi connectivity index (χ0v) is 12.1. The molecule has 0 saturated carbocycles. The van der Waals surface area contributed by atoms with Crippen LogP contribution in [0.2, 0.25) is 0 Å². The number of hydrogen-bond acceptors (Lipinski definition) is 3. The molecular formula is C14H19F3N2O2. The van der Waals surface area contributed by atoms with Crippen molar-refractivity contribution in [1.29, 1.82) is 0 Å². The van der Waals surface area contributed by atoms with Crippen molar-refractivity contribution in [3.63, 3.8) is 0 Å². The van der Waals surface area contributed by atoms with Crippen LogP contribution >= 0.6 is 0 Å². The molecule has 0 aliphatic heterocycles. The van der Waals surface area contributed by atoms with Crippen LogP contribution < -0.4 is 11.1 Å². The van der Waals surface area contributed by atoms with Crippen LogP contribution in [0.5, 0.6) is 0 Å². The molecule has 1 aromatic carbocycles. The van der Waals surface area contributed by atoms with Gasteiger partial charge in [-0.05, 0) is 51.0 Å². The third kappa shape index (κ3) is 6.03. The minimum atomic E-state index is -2.74. The summed E-state index contributed by atoms with van der Waals surface area (Å²) in [5, 5.41) is 2.41. The number of rotatable bonds is 4. The lowest BCUT2D eigenvalue weighted by Gasteiger charge is -2.20. The van der Waals surface area contributed by atoms with Crippen molar-refractivity contribution < 1.29 is 22.7 Å². The lowest BCUT2D eigenvalue weighted by Crippen LogP contribution is -2.31. The lowest BCUT2D eigenvalue weighted by molar-refractivity contribution is 0.0636. The Kier molecular flexibility index (Phi) is 5.60. The summed E-state index contributed by atoms with van der Waals surface area (Å²) < 4.78 is 43.4. The molecule has 1 aromatic rings. The van der Waals surface area contributed by atoms with Crippen LogP contribution in [0.15, 0.2) is 18.2 Å². The summed E-state index contributed by atoms with van der Waals surface area (Å²) in [6, 6.07) is 2.20. The molecule has 0 aromatic heterocycles. The SMILES string of the molecule is CC(C)(C)OC(=O)Nc1ccc(F)c(CC(N)C(F)F)c1. The first-order valence-corrected chi connectivity index (χ1v) is 6.40. The van der Waals surface area contributed by atoms with E-state index in [4.69, 9.17) is 10.5 Å². The predicted octanol–water partition coefficient (Wildman–Crippen LogP) is 3.31. The summed E-state index contributed by atoms with van der Waals surface area (Å²) in [5.41, 5.74) is 4.81. The van der Waals surface area contributed by atoms with Crippen LogP contribution in [0.1, 0.15) is 26.3 Å². The second-order valence-electron chi connectivity index (χ2n) is 5.64. The fourth-order valence-electron chi connectivity index (χ4n) is 1.57. The number of ether oxygens (including phenoxy) is 1. The highest BCUT2D eigenvalue weighted by molar-refractivity contribution is 5.84. The average Bonchev–Trinajstić information content (AvgIpc) is 2.30. The van der Waals surface area contributed by atoms with Crippen molar-refractivity contribution >= 4 is 11.8 Å². The number of nitrogens with two attached hydrogens (primary N) is 1. The van der Waals surface area contributed by atoms with E-state index in [0.717, 1.165) is 6.07 Å². The van der Waals surface area contributed by atoms with Crippen LogP contribution in [-0.4, -0.2) is 24.2 Å². The molecule has 1 atom stereocenters. The van der Waals surface area contributed by atoms with Crippen LogP contribution in [0.3, 0.4) is 0 Å². The molecule has 118 valence electrons. The van der Waals surface area contributed by atoms with Gasteiger partial charge in [-0.15, -0.1) is 0 Å². The Hall–Kier alpha value is -1.76. The van der Waals surface area contributed by atoms with Crippen LogP contribution in [-0.2, 0) is 11.2 Å². The minimum absolute atomic E-state index is 0.0105. The minimum Gasteiger partial charge on any atom is -0.444 e. The van der Waals surface area contributed by atoms with Gasteiger partial charge in [0.25, 0.3) is 6.43 Å². The fourth-order valence-corrected chi connectivity index (χ4v) is 1.57. The molecule has 1 unspecified atom stereocenters. The molecule has 21 heavy (non-hydrogen) atoms. The normalized spacial score (nSPS) is 13.1. The molecule has 3 N–H and O–H groups in total. The summed E-state index contributed by atoms with van der Waals surface area (Å²) in [4.78, 5) is 11.6. The van der Waals surface area contributed by atoms with Crippen molar-refractivity contribution in [3.05, 3.63) is 29.6 Å². The summed E-state index contributed by atoms with van der Waals surface area (Å²) in [7, 11) is 0. The van der Waals surface area contributed by atoms with Crippen molar-refractivity contribution in [2.75, 3.05) is 5.32 Å². The molecule has 0 fully saturated rings. The molecule has 0 bridgehead atoms. The van der Waals surface area contributed by atoms with Gasteiger partial charge in [0, 0.05) is 5.69 Å². The summed E-state index contributed by atoms with van der Waals surface area (Å²) in [5.74, 6) is -0.652. The van der Waals surface area contributed by atoms with Gasteiger partial charge in [0.1, 0.15) is 11.4 Å². The van der Waals surface area contributed by atoms with Crippen molar-refractivity contribution in [2.45, 2.75) is 45.3 Å². The Morgan fingerprint density at radius 2 is 2.00 bits per heavy atom. The quantitative estimate of drug-likeness (QED) is 0.897. The number of halogens is 3. The molecular weight excluding hydrogens is 285 g/mol. The second kappa shape index (κ2) is 6.80. The van der Waals surface area contributed by atoms with Crippen molar-refractivity contribution in [3.8, 4) is 0 Å². The van der Waals surface area contributed by atoms with Crippen LogP contribution in [0, 0.1) is 5.82 Å².